The van der Waals surface area contributed by atoms with Crippen LogP contribution in [0.3, 0.4) is 0 Å². The van der Waals surface area contributed by atoms with Gasteiger partial charge in [-0.05, 0) is 37.0 Å². The maximum atomic E-state index is 11.7. The number of hydrogen-bond acceptors (Lipinski definition) is 4. The summed E-state index contributed by atoms with van der Waals surface area (Å²) >= 11 is 0. The molecule has 2 heterocycles. The molecule has 19 heavy (non-hydrogen) atoms. The van der Waals surface area contributed by atoms with Crippen LogP contribution in [-0.2, 0) is 6.42 Å². The van der Waals surface area contributed by atoms with Gasteiger partial charge in [-0.1, -0.05) is 6.42 Å². The Bertz CT molecular complexity index is 688. The molecule has 0 saturated heterocycles. The number of nitrogens with one attached hydrogen (secondary N) is 2. The number of imidazole rings is 1. The van der Waals surface area contributed by atoms with Gasteiger partial charge in [0.05, 0.1) is 0 Å². The molecule has 2 aromatic rings. The number of anilines is 1. The Morgan fingerprint density at radius 3 is 2.84 bits per heavy atom. The van der Waals surface area contributed by atoms with E-state index >= 15 is 0 Å². The number of nitrogens with zero attached hydrogens (tertiary/aromatic N) is 2. The van der Waals surface area contributed by atoms with Crippen LogP contribution in [-0.4, -0.2) is 19.9 Å². The summed E-state index contributed by atoms with van der Waals surface area (Å²) in [6.45, 7) is 0. The zero-order valence-electron chi connectivity index (χ0n) is 10.6. The third-order valence-electron chi connectivity index (χ3n) is 4.77. The van der Waals surface area contributed by atoms with Crippen molar-refractivity contribution in [1.29, 1.82) is 0 Å². The Labute approximate surface area is 109 Å². The molecule has 100 valence electrons. The van der Waals surface area contributed by atoms with Gasteiger partial charge in [0.25, 0.3) is 5.56 Å². The van der Waals surface area contributed by atoms with Crippen LogP contribution in [0.15, 0.2) is 4.79 Å². The maximum Gasteiger partial charge on any atom is 0.278 e. The van der Waals surface area contributed by atoms with Crippen molar-refractivity contribution in [3.8, 4) is 0 Å². The molecule has 0 amide bonds. The third kappa shape index (κ3) is 1.74. The Morgan fingerprint density at radius 2 is 2.11 bits per heavy atom. The number of aromatic amines is 2. The van der Waals surface area contributed by atoms with Crippen molar-refractivity contribution in [2.45, 2.75) is 32.1 Å². The topological polar surface area (TPSA) is 100 Å². The van der Waals surface area contributed by atoms with Crippen LogP contribution in [0.25, 0.3) is 11.2 Å². The van der Waals surface area contributed by atoms with Crippen molar-refractivity contribution in [2.24, 2.45) is 17.8 Å². The van der Waals surface area contributed by atoms with Gasteiger partial charge in [0.1, 0.15) is 5.82 Å². The van der Waals surface area contributed by atoms with Crippen LogP contribution in [0, 0.1) is 17.8 Å². The van der Waals surface area contributed by atoms with Gasteiger partial charge >= 0.3 is 0 Å². The minimum atomic E-state index is -0.241. The van der Waals surface area contributed by atoms with Crippen molar-refractivity contribution in [3.05, 3.63) is 16.2 Å². The summed E-state index contributed by atoms with van der Waals surface area (Å²) in [5.74, 6) is 3.49. The molecule has 3 unspecified atom stereocenters. The summed E-state index contributed by atoms with van der Waals surface area (Å²) in [6, 6.07) is 0. The highest BCUT2D eigenvalue weighted by Gasteiger charge is 2.39. The molecular formula is C13H17N5O. The number of rotatable bonds is 2. The molecule has 6 nitrogen and oxygen atoms in total. The normalized spacial score (nSPS) is 29.4. The quantitative estimate of drug-likeness (QED) is 0.754. The summed E-state index contributed by atoms with van der Waals surface area (Å²) in [5.41, 5.74) is 6.15. The zero-order chi connectivity index (χ0) is 13.0. The average molecular weight is 259 g/mol. The van der Waals surface area contributed by atoms with Crippen molar-refractivity contribution in [2.75, 3.05) is 5.73 Å². The highest BCUT2D eigenvalue weighted by atomic mass is 16.1. The second-order valence-electron chi connectivity index (χ2n) is 5.97. The summed E-state index contributed by atoms with van der Waals surface area (Å²) in [4.78, 5) is 25.8. The Kier molecular flexibility index (Phi) is 2.22. The molecule has 4 rings (SSSR count). The minimum Gasteiger partial charge on any atom is -0.369 e. The average Bonchev–Trinajstić information content (AvgIpc) is 3.03. The predicted molar refractivity (Wildman–Crippen MR) is 71.6 cm³/mol. The van der Waals surface area contributed by atoms with E-state index in [2.05, 4.69) is 19.9 Å². The van der Waals surface area contributed by atoms with Gasteiger partial charge in [-0.15, -0.1) is 0 Å². The lowest BCUT2D eigenvalue weighted by molar-refractivity contribution is 0.327. The molecule has 0 aliphatic heterocycles. The molecule has 4 N–H and O–H groups in total. The van der Waals surface area contributed by atoms with E-state index in [4.69, 9.17) is 5.73 Å². The molecule has 2 aliphatic rings. The van der Waals surface area contributed by atoms with E-state index < -0.39 is 0 Å². The maximum absolute atomic E-state index is 11.7. The fraction of sp³-hybridized carbons (Fsp3) is 0.615. The van der Waals surface area contributed by atoms with Crippen molar-refractivity contribution >= 4 is 17.1 Å². The summed E-state index contributed by atoms with van der Waals surface area (Å²) in [5, 5.41) is 0. The number of hydrogen-bond donors (Lipinski definition) is 3. The van der Waals surface area contributed by atoms with Gasteiger partial charge in [0.15, 0.2) is 11.2 Å². The SMILES string of the molecule is Nc1nc2nc(CC3CC4CCC3C4)[nH]c2c(=O)[nH]1. The second-order valence-corrected chi connectivity index (χ2v) is 5.97. The van der Waals surface area contributed by atoms with E-state index in [1.807, 2.05) is 0 Å². The van der Waals surface area contributed by atoms with E-state index in [0.717, 1.165) is 30.0 Å². The van der Waals surface area contributed by atoms with E-state index in [-0.39, 0.29) is 11.5 Å². The fourth-order valence-corrected chi connectivity index (χ4v) is 3.94. The third-order valence-corrected chi connectivity index (χ3v) is 4.77. The van der Waals surface area contributed by atoms with Gasteiger partial charge in [-0.2, -0.15) is 4.98 Å². The van der Waals surface area contributed by atoms with Crippen LogP contribution in [0.2, 0.25) is 0 Å². The largest absolute Gasteiger partial charge is 0.369 e. The smallest absolute Gasteiger partial charge is 0.278 e. The van der Waals surface area contributed by atoms with Crippen molar-refractivity contribution in [1.82, 2.24) is 19.9 Å². The Balaban J connectivity index is 1.65. The number of fused-ring (bicyclic) bond motifs is 3. The van der Waals surface area contributed by atoms with E-state index in [1.165, 1.54) is 25.7 Å². The molecule has 0 aromatic carbocycles. The monoisotopic (exact) mass is 259 g/mol. The molecule has 2 aliphatic carbocycles. The Morgan fingerprint density at radius 1 is 1.21 bits per heavy atom. The molecule has 0 radical (unpaired) electrons. The van der Waals surface area contributed by atoms with Crippen LogP contribution < -0.4 is 11.3 Å². The van der Waals surface area contributed by atoms with Crippen molar-refractivity contribution in [3.63, 3.8) is 0 Å². The first-order valence-corrected chi connectivity index (χ1v) is 6.93. The Hall–Kier alpha value is -1.85. The van der Waals surface area contributed by atoms with Gasteiger partial charge in [-0.3, -0.25) is 9.78 Å². The lowest BCUT2D eigenvalue weighted by Gasteiger charge is -2.20. The number of aromatic nitrogens is 4. The first-order chi connectivity index (χ1) is 9.19. The molecule has 6 heteroatoms. The summed E-state index contributed by atoms with van der Waals surface area (Å²) in [7, 11) is 0. The van der Waals surface area contributed by atoms with Crippen LogP contribution in [0.4, 0.5) is 5.95 Å². The lowest BCUT2D eigenvalue weighted by atomic mass is 9.86. The van der Waals surface area contributed by atoms with Crippen LogP contribution in [0.5, 0.6) is 0 Å². The highest BCUT2D eigenvalue weighted by Crippen LogP contribution is 2.49. The summed E-state index contributed by atoms with van der Waals surface area (Å²) in [6.07, 6.45) is 6.39. The van der Waals surface area contributed by atoms with Gasteiger partial charge in [-0.25, -0.2) is 4.98 Å². The van der Waals surface area contributed by atoms with Gasteiger partial charge < -0.3 is 10.7 Å². The molecule has 3 atom stereocenters. The van der Waals surface area contributed by atoms with Crippen LogP contribution in [0.1, 0.15) is 31.5 Å². The fourth-order valence-electron chi connectivity index (χ4n) is 3.94. The number of nitrogens with two attached hydrogens (primary N) is 1. The molecule has 2 bridgehead atoms. The molecule has 2 fully saturated rings. The number of nitrogen functional groups attached to an aromatic ring is 1. The second kappa shape index (κ2) is 3.82. The number of H-pyrrole nitrogens is 2. The van der Waals surface area contributed by atoms with E-state index in [9.17, 15) is 4.79 Å². The first kappa shape index (κ1) is 11.0. The van der Waals surface area contributed by atoms with E-state index in [0.29, 0.717) is 11.2 Å². The highest BCUT2D eigenvalue weighted by molar-refractivity contribution is 5.70. The molecule has 0 spiro atoms. The predicted octanol–water partition coefficient (Wildman–Crippen LogP) is 1.21. The minimum absolute atomic E-state index is 0.121. The first-order valence-electron chi connectivity index (χ1n) is 6.93. The molecular weight excluding hydrogens is 242 g/mol. The zero-order valence-corrected chi connectivity index (χ0v) is 10.6. The summed E-state index contributed by atoms with van der Waals surface area (Å²) < 4.78 is 0. The van der Waals surface area contributed by atoms with Gasteiger partial charge in [0, 0.05) is 6.42 Å². The lowest BCUT2D eigenvalue weighted by Crippen LogP contribution is -2.14. The molecule has 2 saturated carbocycles. The van der Waals surface area contributed by atoms with Crippen LogP contribution >= 0.6 is 0 Å². The van der Waals surface area contributed by atoms with Crippen molar-refractivity contribution < 1.29 is 0 Å². The standard InChI is InChI=1S/C13H17N5O/c14-13-17-11-10(12(19)18-13)15-9(16-11)5-8-4-6-1-2-7(8)3-6/h6-8H,1-5H2,(H4,14,15,16,17,18,19). The van der Waals surface area contributed by atoms with E-state index in [1.54, 1.807) is 0 Å². The molecule has 2 aromatic heterocycles. The van der Waals surface area contributed by atoms with Gasteiger partial charge in [0.2, 0.25) is 5.95 Å².